The zero-order valence-electron chi connectivity index (χ0n) is 18.0. The molecule has 1 N–H and O–H groups in total. The summed E-state index contributed by atoms with van der Waals surface area (Å²) in [5, 5.41) is 3.36. The van der Waals surface area contributed by atoms with Crippen molar-refractivity contribution in [3.63, 3.8) is 0 Å². The molecule has 2 atom stereocenters. The number of nitrogens with zero attached hydrogens (tertiary/aromatic N) is 1. The number of pyridine rings is 1. The van der Waals surface area contributed by atoms with Crippen LogP contribution in [0.3, 0.4) is 0 Å². The van der Waals surface area contributed by atoms with E-state index in [-0.39, 0.29) is 18.3 Å². The van der Waals surface area contributed by atoms with Crippen molar-refractivity contribution in [2.75, 3.05) is 13.7 Å². The van der Waals surface area contributed by atoms with Gasteiger partial charge in [0.2, 0.25) is 0 Å². The average molecular weight is 418 g/mol. The zero-order valence-corrected chi connectivity index (χ0v) is 18.0. The highest BCUT2D eigenvalue weighted by Gasteiger charge is 2.41. The lowest BCUT2D eigenvalue weighted by Gasteiger charge is -2.36. The zero-order chi connectivity index (χ0) is 22.0. The van der Waals surface area contributed by atoms with Gasteiger partial charge in [0, 0.05) is 41.7 Å². The third kappa shape index (κ3) is 3.98. The number of aromatic nitrogens is 1. The van der Waals surface area contributed by atoms with Crippen molar-refractivity contribution in [3.8, 4) is 5.75 Å². The van der Waals surface area contributed by atoms with Crippen molar-refractivity contribution in [2.24, 2.45) is 0 Å². The summed E-state index contributed by atoms with van der Waals surface area (Å²) in [6.45, 7) is 3.92. The number of allylic oxidation sites excluding steroid dienone is 3. The largest absolute Gasteiger partial charge is 0.497 e. The van der Waals surface area contributed by atoms with Crippen LogP contribution in [-0.4, -0.2) is 30.5 Å². The fourth-order valence-electron chi connectivity index (χ4n) is 4.52. The molecule has 2 aliphatic rings. The number of esters is 1. The molecule has 2 heterocycles. The summed E-state index contributed by atoms with van der Waals surface area (Å²) in [7, 11) is 1.64. The molecule has 6 heteroatoms. The Balaban J connectivity index is 1.75. The fourth-order valence-corrected chi connectivity index (χ4v) is 4.52. The second-order valence-electron chi connectivity index (χ2n) is 7.79. The lowest BCUT2D eigenvalue weighted by molar-refractivity contribution is -0.138. The Morgan fingerprint density at radius 1 is 1.10 bits per heavy atom. The Morgan fingerprint density at radius 2 is 1.81 bits per heavy atom. The molecule has 0 bridgehead atoms. The van der Waals surface area contributed by atoms with E-state index in [9.17, 15) is 9.59 Å². The van der Waals surface area contributed by atoms with Gasteiger partial charge in [0.25, 0.3) is 0 Å². The van der Waals surface area contributed by atoms with Gasteiger partial charge >= 0.3 is 5.97 Å². The minimum atomic E-state index is -0.456. The highest BCUT2D eigenvalue weighted by molar-refractivity contribution is 6.04. The first-order valence-electron chi connectivity index (χ1n) is 10.5. The number of benzene rings is 1. The second-order valence-corrected chi connectivity index (χ2v) is 7.79. The molecule has 0 amide bonds. The third-order valence-electron chi connectivity index (χ3n) is 5.95. The first-order chi connectivity index (χ1) is 15.0. The van der Waals surface area contributed by atoms with Gasteiger partial charge in [-0.3, -0.25) is 9.78 Å². The number of ketones is 1. The number of hydrogen-bond donors (Lipinski definition) is 1. The summed E-state index contributed by atoms with van der Waals surface area (Å²) in [6, 6.07) is 11.6. The molecular formula is C25H26N2O4. The number of rotatable bonds is 5. The lowest BCUT2D eigenvalue weighted by Crippen LogP contribution is -2.36. The monoisotopic (exact) mass is 418 g/mol. The number of carbonyl (C=O) groups is 2. The van der Waals surface area contributed by atoms with Crippen molar-refractivity contribution in [1.29, 1.82) is 0 Å². The van der Waals surface area contributed by atoms with Crippen LogP contribution >= 0.6 is 0 Å². The minimum Gasteiger partial charge on any atom is -0.497 e. The molecule has 0 saturated carbocycles. The molecule has 0 fully saturated rings. The van der Waals surface area contributed by atoms with Crippen molar-refractivity contribution in [3.05, 3.63) is 82.5 Å². The number of hydrogen-bond acceptors (Lipinski definition) is 6. The average Bonchev–Trinajstić information content (AvgIpc) is 2.78. The lowest BCUT2D eigenvalue weighted by atomic mass is 9.72. The first kappa shape index (κ1) is 20.8. The van der Waals surface area contributed by atoms with Crippen molar-refractivity contribution in [1.82, 2.24) is 10.3 Å². The van der Waals surface area contributed by atoms with Gasteiger partial charge in [-0.05, 0) is 61.6 Å². The van der Waals surface area contributed by atoms with E-state index in [4.69, 9.17) is 9.47 Å². The van der Waals surface area contributed by atoms with Crippen LogP contribution in [0.2, 0.25) is 0 Å². The molecule has 0 spiro atoms. The number of Topliss-reactive ketones (excluding diaryl/α,β-unsaturated/α-hetero) is 1. The minimum absolute atomic E-state index is 0.0469. The van der Waals surface area contributed by atoms with E-state index in [1.807, 2.05) is 43.3 Å². The number of methoxy groups -OCH3 is 1. The highest BCUT2D eigenvalue weighted by Crippen LogP contribution is 2.45. The molecule has 0 saturated heterocycles. The van der Waals surface area contributed by atoms with Crippen LogP contribution in [0, 0.1) is 0 Å². The van der Waals surface area contributed by atoms with Gasteiger partial charge in [-0.1, -0.05) is 12.1 Å². The SMILES string of the molecule is CCOC(=O)C1=C(C)NC2=C(C(=O)C[C@H](c3ccc(OC)cc3)C2)[C@@H]1c1ccncc1. The Bertz CT molecular complexity index is 1050. The van der Waals surface area contributed by atoms with Crippen molar-refractivity contribution in [2.45, 2.75) is 38.5 Å². The van der Waals surface area contributed by atoms with E-state index in [1.54, 1.807) is 26.4 Å². The second kappa shape index (κ2) is 8.76. The predicted molar refractivity (Wildman–Crippen MR) is 116 cm³/mol. The topological polar surface area (TPSA) is 77.5 Å². The third-order valence-corrected chi connectivity index (χ3v) is 5.95. The molecule has 2 aromatic rings. The van der Waals surface area contributed by atoms with E-state index >= 15 is 0 Å². The van der Waals surface area contributed by atoms with Crippen LogP contribution in [0.15, 0.2) is 71.3 Å². The standard InChI is InChI=1S/C25H26N2O4/c1-4-31-25(29)22-15(2)27-20-13-18(16-5-7-19(30-3)8-6-16)14-21(28)24(20)23(22)17-9-11-26-12-10-17/h5-12,18,23,27H,4,13-14H2,1-3H3/t18-,23-/m1/s1. The van der Waals surface area contributed by atoms with Crippen LogP contribution in [0.1, 0.15) is 49.7 Å². The Labute approximate surface area is 182 Å². The molecule has 31 heavy (non-hydrogen) atoms. The van der Waals surface area contributed by atoms with Gasteiger partial charge in [-0.15, -0.1) is 0 Å². The van der Waals surface area contributed by atoms with Crippen LogP contribution < -0.4 is 10.1 Å². The summed E-state index contributed by atoms with van der Waals surface area (Å²) in [6.07, 6.45) is 4.46. The predicted octanol–water partition coefficient (Wildman–Crippen LogP) is 4.01. The highest BCUT2D eigenvalue weighted by atomic mass is 16.5. The van der Waals surface area contributed by atoms with E-state index in [2.05, 4.69) is 10.3 Å². The summed E-state index contributed by atoms with van der Waals surface area (Å²) >= 11 is 0. The molecule has 0 unspecified atom stereocenters. The summed E-state index contributed by atoms with van der Waals surface area (Å²) < 4.78 is 10.6. The van der Waals surface area contributed by atoms with Gasteiger partial charge in [-0.25, -0.2) is 4.79 Å². The van der Waals surface area contributed by atoms with Crippen LogP contribution in [0.5, 0.6) is 5.75 Å². The first-order valence-corrected chi connectivity index (χ1v) is 10.5. The molecule has 1 aliphatic heterocycles. The Hall–Kier alpha value is -3.41. The van der Waals surface area contributed by atoms with Gasteiger partial charge in [-0.2, -0.15) is 0 Å². The molecule has 4 rings (SSSR count). The number of ether oxygens (including phenoxy) is 2. The van der Waals surface area contributed by atoms with Gasteiger partial charge in [0.05, 0.1) is 19.3 Å². The molecule has 160 valence electrons. The van der Waals surface area contributed by atoms with Crippen LogP contribution in [0.4, 0.5) is 0 Å². The normalized spacial score (nSPS) is 20.8. The van der Waals surface area contributed by atoms with E-state index in [0.29, 0.717) is 24.0 Å². The Kier molecular flexibility index (Phi) is 5.89. The van der Waals surface area contributed by atoms with E-state index in [0.717, 1.165) is 28.3 Å². The Morgan fingerprint density at radius 3 is 2.45 bits per heavy atom. The maximum atomic E-state index is 13.4. The van der Waals surface area contributed by atoms with Crippen molar-refractivity contribution >= 4 is 11.8 Å². The van der Waals surface area contributed by atoms with Gasteiger partial charge in [0.15, 0.2) is 5.78 Å². The molecule has 1 aromatic heterocycles. The molecule has 1 aliphatic carbocycles. The molecule has 0 radical (unpaired) electrons. The maximum Gasteiger partial charge on any atom is 0.336 e. The van der Waals surface area contributed by atoms with Crippen molar-refractivity contribution < 1.29 is 19.1 Å². The molecular weight excluding hydrogens is 392 g/mol. The number of dihydropyridines is 1. The maximum absolute atomic E-state index is 13.4. The van der Waals surface area contributed by atoms with E-state index in [1.165, 1.54) is 0 Å². The van der Waals surface area contributed by atoms with E-state index < -0.39 is 11.9 Å². The quantitative estimate of drug-likeness (QED) is 0.739. The van der Waals surface area contributed by atoms with Crippen LogP contribution in [-0.2, 0) is 14.3 Å². The summed E-state index contributed by atoms with van der Waals surface area (Å²) in [5.74, 6) is 0.0520. The summed E-state index contributed by atoms with van der Waals surface area (Å²) in [5.41, 5.74) is 4.71. The number of nitrogens with one attached hydrogen (secondary N) is 1. The fraction of sp³-hybridized carbons (Fsp3) is 0.320. The molecule has 1 aromatic carbocycles. The smallest absolute Gasteiger partial charge is 0.336 e. The molecule has 6 nitrogen and oxygen atoms in total. The van der Waals surface area contributed by atoms with Gasteiger partial charge < -0.3 is 14.8 Å². The van der Waals surface area contributed by atoms with Crippen LogP contribution in [0.25, 0.3) is 0 Å². The number of carbonyl (C=O) groups excluding carboxylic acids is 2. The van der Waals surface area contributed by atoms with Gasteiger partial charge in [0.1, 0.15) is 5.75 Å². The summed E-state index contributed by atoms with van der Waals surface area (Å²) in [4.78, 5) is 30.4.